The molecule has 0 fully saturated rings. The molecule has 6 heteroatoms. The fraction of sp³-hybridized carbons (Fsp3) is 0.0476. The number of aryl methyl sites for hydroxylation is 1. The number of nitrogens with one attached hydrogen (secondary N) is 2. The van der Waals surface area contributed by atoms with Gasteiger partial charge >= 0.3 is 0 Å². The molecule has 0 atom stereocenters. The predicted molar refractivity (Wildman–Crippen MR) is 106 cm³/mol. The molecule has 1 aromatic heterocycles. The molecular weight excluding hydrogens is 365 g/mol. The minimum atomic E-state index is -0.377. The summed E-state index contributed by atoms with van der Waals surface area (Å²) in [7, 11) is 0. The number of carbonyl (C=O) groups is 1. The number of H-pyrrole nitrogens is 1. The number of hydrogen-bond donors (Lipinski definition) is 2. The number of aromatic nitrogens is 2. The van der Waals surface area contributed by atoms with Crippen molar-refractivity contribution in [3.8, 4) is 11.4 Å². The number of benzene rings is 3. The first-order chi connectivity index (χ1) is 13.0. The fourth-order valence-electron chi connectivity index (χ4n) is 2.79. The van der Waals surface area contributed by atoms with E-state index in [4.69, 9.17) is 11.6 Å². The highest BCUT2D eigenvalue weighted by atomic mass is 35.5. The van der Waals surface area contributed by atoms with Crippen LogP contribution in [0.2, 0.25) is 5.02 Å². The van der Waals surface area contributed by atoms with Crippen LogP contribution in [0.25, 0.3) is 22.4 Å². The van der Waals surface area contributed by atoms with Crippen LogP contribution in [0.1, 0.15) is 15.9 Å². The molecule has 134 valence electrons. The second-order valence-corrected chi connectivity index (χ2v) is 6.65. The van der Waals surface area contributed by atoms with E-state index in [1.54, 1.807) is 12.1 Å². The van der Waals surface area contributed by atoms with E-state index in [1.165, 1.54) is 24.3 Å². The van der Waals surface area contributed by atoms with Crippen molar-refractivity contribution in [1.82, 2.24) is 9.97 Å². The lowest BCUT2D eigenvalue weighted by atomic mass is 10.1. The zero-order chi connectivity index (χ0) is 19.0. The average molecular weight is 380 g/mol. The first-order valence-electron chi connectivity index (χ1n) is 8.33. The van der Waals surface area contributed by atoms with Crippen molar-refractivity contribution in [3.63, 3.8) is 0 Å². The van der Waals surface area contributed by atoms with Gasteiger partial charge in [0.25, 0.3) is 5.91 Å². The quantitative estimate of drug-likeness (QED) is 0.488. The van der Waals surface area contributed by atoms with Gasteiger partial charge in [-0.3, -0.25) is 4.79 Å². The molecule has 0 bridgehead atoms. The number of carbonyl (C=O) groups excluding carboxylic acids is 1. The van der Waals surface area contributed by atoms with E-state index in [0.717, 1.165) is 28.0 Å². The van der Waals surface area contributed by atoms with Gasteiger partial charge in [-0.15, -0.1) is 0 Å². The van der Waals surface area contributed by atoms with Gasteiger partial charge in [-0.25, -0.2) is 9.37 Å². The summed E-state index contributed by atoms with van der Waals surface area (Å²) in [4.78, 5) is 20.0. The third-order valence-corrected chi connectivity index (χ3v) is 4.69. The van der Waals surface area contributed by atoms with Crippen LogP contribution in [0, 0.1) is 12.7 Å². The van der Waals surface area contributed by atoms with Gasteiger partial charge in [0.05, 0.1) is 11.0 Å². The van der Waals surface area contributed by atoms with Crippen LogP contribution in [0.4, 0.5) is 10.1 Å². The minimum Gasteiger partial charge on any atom is -0.338 e. The molecular formula is C21H15ClFN3O. The Kier molecular flexibility index (Phi) is 4.38. The predicted octanol–water partition coefficient (Wildman–Crippen LogP) is 5.58. The van der Waals surface area contributed by atoms with Crippen molar-refractivity contribution in [2.75, 3.05) is 5.32 Å². The van der Waals surface area contributed by atoms with Crippen LogP contribution in [0.3, 0.4) is 0 Å². The molecule has 1 heterocycles. The second-order valence-electron chi connectivity index (χ2n) is 6.24. The molecule has 0 aliphatic rings. The largest absolute Gasteiger partial charge is 0.338 e. The SMILES string of the molecule is Cc1cc2[nH]c(-c3ccc(NC(=O)c4ccc(F)cc4)cc3)nc2cc1Cl. The molecule has 0 aliphatic carbocycles. The van der Waals surface area contributed by atoms with Gasteiger partial charge in [0, 0.05) is 21.8 Å². The summed E-state index contributed by atoms with van der Waals surface area (Å²) in [6, 6.07) is 16.5. The van der Waals surface area contributed by atoms with Crippen molar-refractivity contribution in [2.45, 2.75) is 6.92 Å². The number of amides is 1. The maximum Gasteiger partial charge on any atom is 0.255 e. The molecule has 1 amide bonds. The normalized spacial score (nSPS) is 10.9. The number of imidazole rings is 1. The molecule has 4 rings (SSSR count). The van der Waals surface area contributed by atoms with Crippen LogP contribution in [-0.2, 0) is 0 Å². The van der Waals surface area contributed by atoms with Gasteiger partial charge in [0.15, 0.2) is 0 Å². The number of hydrogen-bond acceptors (Lipinski definition) is 2. The Morgan fingerprint density at radius 3 is 2.48 bits per heavy atom. The molecule has 4 nitrogen and oxygen atoms in total. The summed E-state index contributed by atoms with van der Waals surface area (Å²) in [5, 5.41) is 3.47. The highest BCUT2D eigenvalue weighted by Crippen LogP contribution is 2.26. The molecule has 4 aromatic rings. The Balaban J connectivity index is 1.55. The summed E-state index contributed by atoms with van der Waals surface area (Å²) in [5.74, 6) is 0.0536. The minimum absolute atomic E-state index is 0.295. The van der Waals surface area contributed by atoms with Crippen molar-refractivity contribution >= 4 is 34.2 Å². The number of nitrogens with zero attached hydrogens (tertiary/aromatic N) is 1. The van der Waals surface area contributed by atoms with Crippen LogP contribution in [0.5, 0.6) is 0 Å². The molecule has 0 saturated carbocycles. The first kappa shape index (κ1) is 17.2. The Morgan fingerprint density at radius 2 is 1.78 bits per heavy atom. The van der Waals surface area contributed by atoms with Crippen molar-refractivity contribution < 1.29 is 9.18 Å². The van der Waals surface area contributed by atoms with Crippen molar-refractivity contribution in [1.29, 1.82) is 0 Å². The van der Waals surface area contributed by atoms with Crippen molar-refractivity contribution in [2.24, 2.45) is 0 Å². The second kappa shape index (κ2) is 6.85. The van der Waals surface area contributed by atoms with E-state index < -0.39 is 0 Å². The number of fused-ring (bicyclic) bond motifs is 1. The molecule has 0 aliphatic heterocycles. The number of halogens is 2. The summed E-state index contributed by atoms with van der Waals surface area (Å²) >= 11 is 6.16. The molecule has 0 radical (unpaired) electrons. The van der Waals surface area contributed by atoms with E-state index in [2.05, 4.69) is 15.3 Å². The molecule has 0 unspecified atom stereocenters. The van der Waals surface area contributed by atoms with Crippen LogP contribution in [-0.4, -0.2) is 15.9 Å². The van der Waals surface area contributed by atoms with E-state index >= 15 is 0 Å². The van der Waals surface area contributed by atoms with Crippen LogP contribution < -0.4 is 5.32 Å². The topological polar surface area (TPSA) is 57.8 Å². The van der Waals surface area contributed by atoms with E-state index in [1.807, 2.05) is 31.2 Å². The number of aromatic amines is 1. The third-order valence-electron chi connectivity index (χ3n) is 4.28. The fourth-order valence-corrected chi connectivity index (χ4v) is 2.95. The van der Waals surface area contributed by atoms with Gasteiger partial charge < -0.3 is 10.3 Å². The average Bonchev–Trinajstić information content (AvgIpc) is 3.06. The van der Waals surface area contributed by atoms with Crippen LogP contribution >= 0.6 is 11.6 Å². The van der Waals surface area contributed by atoms with Gasteiger partial charge in [0.1, 0.15) is 11.6 Å². The molecule has 0 saturated heterocycles. The molecule has 2 N–H and O–H groups in total. The lowest BCUT2D eigenvalue weighted by Crippen LogP contribution is -2.11. The van der Waals surface area contributed by atoms with E-state index in [-0.39, 0.29) is 11.7 Å². The lowest BCUT2D eigenvalue weighted by Gasteiger charge is -2.06. The van der Waals surface area contributed by atoms with Gasteiger partial charge in [0.2, 0.25) is 0 Å². The highest BCUT2D eigenvalue weighted by Gasteiger charge is 2.09. The summed E-state index contributed by atoms with van der Waals surface area (Å²) < 4.78 is 13.0. The zero-order valence-corrected chi connectivity index (χ0v) is 15.1. The third kappa shape index (κ3) is 3.55. The first-order valence-corrected chi connectivity index (χ1v) is 8.70. The van der Waals surface area contributed by atoms with Gasteiger partial charge in [-0.1, -0.05) is 11.6 Å². The number of rotatable bonds is 3. The zero-order valence-electron chi connectivity index (χ0n) is 14.4. The smallest absolute Gasteiger partial charge is 0.255 e. The maximum atomic E-state index is 13.0. The summed E-state index contributed by atoms with van der Waals surface area (Å²) in [6.07, 6.45) is 0. The van der Waals surface area contributed by atoms with Gasteiger partial charge in [-0.05, 0) is 73.2 Å². The van der Waals surface area contributed by atoms with E-state index in [0.29, 0.717) is 16.3 Å². The highest BCUT2D eigenvalue weighted by molar-refractivity contribution is 6.32. The summed E-state index contributed by atoms with van der Waals surface area (Å²) in [6.45, 7) is 1.95. The molecule has 3 aromatic carbocycles. The standard InChI is InChI=1S/C21H15ClFN3O/c1-12-10-18-19(11-17(12)22)26-20(25-18)13-4-8-16(9-5-13)24-21(27)14-2-6-15(23)7-3-14/h2-11H,1H3,(H,24,27)(H,25,26). The summed E-state index contributed by atoms with van der Waals surface area (Å²) in [5.41, 5.74) is 4.63. The van der Waals surface area contributed by atoms with Gasteiger partial charge in [-0.2, -0.15) is 0 Å². The lowest BCUT2D eigenvalue weighted by molar-refractivity contribution is 0.102. The Hall–Kier alpha value is -3.18. The molecule has 27 heavy (non-hydrogen) atoms. The van der Waals surface area contributed by atoms with Crippen molar-refractivity contribution in [3.05, 3.63) is 82.6 Å². The van der Waals surface area contributed by atoms with Crippen LogP contribution in [0.15, 0.2) is 60.7 Å². The van der Waals surface area contributed by atoms with E-state index in [9.17, 15) is 9.18 Å². The Labute approximate surface area is 160 Å². The maximum absolute atomic E-state index is 13.0. The Morgan fingerprint density at radius 1 is 1.07 bits per heavy atom. The Bertz CT molecular complexity index is 1100. The monoisotopic (exact) mass is 379 g/mol. The number of anilines is 1. The molecule has 0 spiro atoms.